The van der Waals surface area contributed by atoms with Crippen LogP contribution < -0.4 is 50.1 Å². The van der Waals surface area contributed by atoms with Crippen LogP contribution in [0.3, 0.4) is 0 Å². The van der Waals surface area contributed by atoms with Crippen molar-refractivity contribution >= 4 is 23.6 Å². The van der Waals surface area contributed by atoms with Crippen molar-refractivity contribution in [3.8, 4) is 34.5 Å². The van der Waals surface area contributed by atoms with Crippen LogP contribution in [0, 0.1) is 0 Å². The number of unbranched alkanes of at least 4 members (excludes halogenated alkanes) is 54. The Kier molecular flexibility index (Phi) is 64.4. The van der Waals surface area contributed by atoms with E-state index in [1.807, 2.05) is 0 Å². The van der Waals surface area contributed by atoms with Gasteiger partial charge in [-0.05, 0) is 62.8 Å². The quantitative estimate of drug-likeness (QED) is 0.0284. The third-order valence-corrected chi connectivity index (χ3v) is 19.9. The zero-order chi connectivity index (χ0) is 73.5. The van der Waals surface area contributed by atoms with Gasteiger partial charge in [-0.1, -0.05) is 388 Å². The summed E-state index contributed by atoms with van der Waals surface area (Å²) >= 11 is 0. The molecule has 2 aromatic rings. The lowest BCUT2D eigenvalue weighted by atomic mass is 10.1. The summed E-state index contributed by atoms with van der Waals surface area (Å²) in [6.45, 7) is 16.3. The lowest BCUT2D eigenvalue weighted by Crippen LogP contribution is -2.52. The molecular formula is C88H158N4O10. The van der Waals surface area contributed by atoms with Gasteiger partial charge in [0.25, 0.3) is 11.8 Å². The molecule has 0 atom stereocenters. The molecule has 0 saturated carbocycles. The minimum atomic E-state index is -1.19. The minimum Gasteiger partial charge on any atom is -0.490 e. The van der Waals surface area contributed by atoms with Crippen molar-refractivity contribution in [1.29, 1.82) is 0 Å². The normalized spacial score (nSPS) is 11.2. The second-order valence-electron chi connectivity index (χ2n) is 29.6. The van der Waals surface area contributed by atoms with E-state index in [1.165, 1.54) is 270 Å². The highest BCUT2D eigenvalue weighted by Gasteiger charge is 2.24. The van der Waals surface area contributed by atoms with Crippen molar-refractivity contribution in [3.63, 3.8) is 0 Å². The molecule has 2 rings (SSSR count). The van der Waals surface area contributed by atoms with Gasteiger partial charge in [-0.2, -0.15) is 0 Å². The van der Waals surface area contributed by atoms with Crippen LogP contribution in [0.15, 0.2) is 24.3 Å². The van der Waals surface area contributed by atoms with E-state index in [4.69, 9.17) is 28.4 Å². The van der Waals surface area contributed by atoms with Crippen LogP contribution in [-0.2, 0) is 9.59 Å². The van der Waals surface area contributed by atoms with Gasteiger partial charge >= 0.3 is 11.8 Å². The molecule has 0 bridgehead atoms. The summed E-state index contributed by atoms with van der Waals surface area (Å²) in [5.74, 6) is -1.15. The molecule has 0 aromatic heterocycles. The summed E-state index contributed by atoms with van der Waals surface area (Å²) in [6.07, 6.45) is 72.0. The first-order chi connectivity index (χ1) is 50.2. The Morgan fingerprint density at radius 1 is 0.206 bits per heavy atom. The Labute approximate surface area is 626 Å². The van der Waals surface area contributed by atoms with Gasteiger partial charge in [0.05, 0.1) is 39.6 Å². The number of hydrazine groups is 2. The van der Waals surface area contributed by atoms with E-state index in [9.17, 15) is 19.2 Å². The topological polar surface area (TPSA) is 172 Å². The number of carbonyl (C=O) groups excluding carboxylic acids is 4. The van der Waals surface area contributed by atoms with Gasteiger partial charge in [0.15, 0.2) is 23.0 Å². The molecule has 0 unspecified atom stereocenters. The van der Waals surface area contributed by atoms with Crippen LogP contribution in [0.25, 0.3) is 0 Å². The molecular weight excluding hydrogens is 1270 g/mol. The second-order valence-corrected chi connectivity index (χ2v) is 29.6. The molecule has 0 radical (unpaired) electrons. The van der Waals surface area contributed by atoms with Crippen molar-refractivity contribution in [2.24, 2.45) is 0 Å². The largest absolute Gasteiger partial charge is 0.490 e. The molecule has 0 aliphatic rings. The monoisotopic (exact) mass is 1430 g/mol. The Balaban J connectivity index is 2.35. The molecule has 2 aromatic carbocycles. The Bertz CT molecular complexity index is 2030. The molecule has 102 heavy (non-hydrogen) atoms. The van der Waals surface area contributed by atoms with Crippen LogP contribution >= 0.6 is 0 Å². The molecule has 590 valence electrons. The molecule has 0 aliphatic heterocycles. The van der Waals surface area contributed by atoms with E-state index in [0.717, 1.165) is 116 Å². The van der Waals surface area contributed by atoms with E-state index >= 15 is 0 Å². The number of carbonyl (C=O) groups is 4. The summed E-state index contributed by atoms with van der Waals surface area (Å²) < 4.78 is 39.3. The van der Waals surface area contributed by atoms with E-state index < -0.39 is 23.6 Å². The van der Waals surface area contributed by atoms with Crippen molar-refractivity contribution in [2.75, 3.05) is 39.6 Å². The lowest BCUT2D eigenvalue weighted by molar-refractivity contribution is -0.140. The van der Waals surface area contributed by atoms with Crippen molar-refractivity contribution in [1.82, 2.24) is 21.7 Å². The molecule has 14 nitrogen and oxygen atoms in total. The molecule has 4 amide bonds. The summed E-state index contributed by atoms with van der Waals surface area (Å²) in [6, 6.07) is 6.55. The Morgan fingerprint density at radius 2 is 0.353 bits per heavy atom. The van der Waals surface area contributed by atoms with E-state index in [0.29, 0.717) is 74.1 Å². The predicted molar refractivity (Wildman–Crippen MR) is 428 cm³/mol. The first-order valence-electron chi connectivity index (χ1n) is 43.6. The third-order valence-electron chi connectivity index (χ3n) is 19.9. The van der Waals surface area contributed by atoms with Crippen LogP contribution in [-0.4, -0.2) is 63.3 Å². The van der Waals surface area contributed by atoms with Crippen LogP contribution in [0.2, 0.25) is 0 Å². The Hall–Kier alpha value is -4.88. The number of amides is 4. The number of nitrogens with one attached hydrogen (secondary N) is 4. The average molecular weight is 1430 g/mol. The number of rotatable bonds is 74. The number of hydrogen-bond acceptors (Lipinski definition) is 10. The van der Waals surface area contributed by atoms with Gasteiger partial charge in [0.1, 0.15) is 0 Å². The fraction of sp³-hybridized carbons (Fsp3) is 0.818. The van der Waals surface area contributed by atoms with Gasteiger partial charge in [-0.15, -0.1) is 0 Å². The number of hydrogen-bond donors (Lipinski definition) is 4. The highest BCUT2D eigenvalue weighted by molar-refractivity contribution is 6.35. The van der Waals surface area contributed by atoms with Crippen molar-refractivity contribution in [3.05, 3.63) is 35.4 Å². The minimum absolute atomic E-state index is 0.166. The van der Waals surface area contributed by atoms with E-state index in [2.05, 4.69) is 63.2 Å². The van der Waals surface area contributed by atoms with E-state index in [1.54, 1.807) is 24.3 Å². The van der Waals surface area contributed by atoms with Gasteiger partial charge in [0.2, 0.25) is 11.5 Å². The summed E-state index contributed by atoms with van der Waals surface area (Å²) in [7, 11) is 0. The second kappa shape index (κ2) is 70.4. The first kappa shape index (κ1) is 93.2. The van der Waals surface area contributed by atoms with Crippen LogP contribution in [0.1, 0.15) is 448 Å². The molecule has 0 saturated heterocycles. The standard InChI is InChI=1S/C88H158N4O10/c1-7-13-19-25-31-37-43-49-55-61-67-97-79-73-77(74-80(98-68-62-56-50-44-38-32-26-20-14-8-2)83(79)101-71-65-59-53-47-41-35-29-23-17-11-5)85(93)89-91-87(95)88(96)92-90-86(94)78-75-81(99-69-63-57-51-45-39-33-27-21-15-9-3)84(102-72-66-60-54-48-42-36-30-24-18-12-6)82(76-78)100-70-64-58-52-46-40-34-28-22-16-10-4/h73-76H,7-72H2,1-6H3,(H,89,93)(H,90,94)(H,91,95)(H,92,96). The molecule has 0 spiro atoms. The maximum atomic E-state index is 14.2. The van der Waals surface area contributed by atoms with Crippen molar-refractivity contribution in [2.45, 2.75) is 427 Å². The molecule has 14 heteroatoms. The average Bonchev–Trinajstić information content (AvgIpc) is 0.823. The highest BCUT2D eigenvalue weighted by atomic mass is 16.5. The highest BCUT2D eigenvalue weighted by Crippen LogP contribution is 2.41. The molecule has 0 fully saturated rings. The molecule has 0 heterocycles. The van der Waals surface area contributed by atoms with Gasteiger partial charge < -0.3 is 28.4 Å². The fourth-order valence-corrected chi connectivity index (χ4v) is 13.2. The Morgan fingerprint density at radius 3 is 0.520 bits per heavy atom. The lowest BCUT2D eigenvalue weighted by Gasteiger charge is -2.19. The predicted octanol–water partition coefficient (Wildman–Crippen LogP) is 25.7. The molecule has 4 N–H and O–H groups in total. The van der Waals surface area contributed by atoms with Gasteiger partial charge in [-0.25, -0.2) is 0 Å². The fourth-order valence-electron chi connectivity index (χ4n) is 13.2. The maximum absolute atomic E-state index is 14.2. The molecule has 0 aliphatic carbocycles. The number of ether oxygens (including phenoxy) is 6. The SMILES string of the molecule is CCCCCCCCCCCCOc1cc(C(=O)NNC(=O)C(=O)NNC(=O)c2cc(OCCCCCCCCCCCC)c(OCCCCCCCCCCCC)c(OCCCCCCCCCCCC)c2)cc(OCCCCCCCCCCCC)c1OCCCCCCCCCCCC. The summed E-state index contributed by atoms with van der Waals surface area (Å²) in [4.78, 5) is 55.3. The summed E-state index contributed by atoms with van der Waals surface area (Å²) in [5, 5.41) is 0. The van der Waals surface area contributed by atoms with Gasteiger partial charge in [0, 0.05) is 11.1 Å². The maximum Gasteiger partial charge on any atom is 0.329 e. The van der Waals surface area contributed by atoms with E-state index in [-0.39, 0.29) is 11.1 Å². The van der Waals surface area contributed by atoms with Crippen LogP contribution in [0.4, 0.5) is 0 Å². The first-order valence-corrected chi connectivity index (χ1v) is 43.6. The zero-order valence-corrected chi connectivity index (χ0v) is 67.1. The van der Waals surface area contributed by atoms with Crippen LogP contribution in [0.5, 0.6) is 34.5 Å². The third kappa shape index (κ3) is 52.1. The summed E-state index contributed by atoms with van der Waals surface area (Å²) in [5.41, 5.74) is 9.73. The zero-order valence-electron chi connectivity index (χ0n) is 67.1. The number of benzene rings is 2. The smallest absolute Gasteiger partial charge is 0.329 e. The van der Waals surface area contributed by atoms with Gasteiger partial charge in [-0.3, -0.25) is 40.9 Å². The van der Waals surface area contributed by atoms with Crippen molar-refractivity contribution < 1.29 is 47.6 Å².